The van der Waals surface area contributed by atoms with Crippen LogP contribution in [0.15, 0.2) is 48.7 Å². The summed E-state index contributed by atoms with van der Waals surface area (Å²) in [6.45, 7) is 2.99. The van der Waals surface area contributed by atoms with Crippen LogP contribution in [0.25, 0.3) is 11.1 Å². The van der Waals surface area contributed by atoms with Crippen molar-refractivity contribution in [3.05, 3.63) is 75.3 Å². The van der Waals surface area contributed by atoms with Crippen molar-refractivity contribution < 1.29 is 22.7 Å². The van der Waals surface area contributed by atoms with E-state index in [4.69, 9.17) is 4.74 Å². The molecule has 7 nitrogen and oxygen atoms in total. The summed E-state index contributed by atoms with van der Waals surface area (Å²) in [7, 11) is 3.34. The standard InChI is InChI=1S/C27H28F3N5O2S/c1-4-35-14-23(26(33-35)27(28,29)30)20-8-6-5-7-19(20)22-13-34(15-24-21(22)11-18(12-31)38-24)25(36)10-9-17(32-2)16-37-3/h5-11,14,17,22,32H,4,13,15-16H2,1-3H3/b10-9+/t17?,22-/m0/s1. The SMILES string of the molecule is CCn1cc(-c2ccccc2[C@@H]2CN(C(=O)/C=C/C(COC)NC)Cc3sc(C#N)cc32)c(C(F)(F)F)n1. The van der Waals surface area contributed by atoms with Crippen LogP contribution in [0.4, 0.5) is 13.2 Å². The number of benzene rings is 1. The Hall–Kier alpha value is -3.46. The number of carbonyl (C=O) groups excluding carboxylic acids is 1. The summed E-state index contributed by atoms with van der Waals surface area (Å²) in [5.74, 6) is -0.646. The van der Waals surface area contributed by atoms with Crippen molar-refractivity contribution in [2.75, 3.05) is 27.3 Å². The molecule has 0 aliphatic carbocycles. The molecule has 1 aromatic carbocycles. The predicted octanol–water partition coefficient (Wildman–Crippen LogP) is 4.79. The number of aryl methyl sites for hydroxylation is 1. The lowest BCUT2D eigenvalue weighted by molar-refractivity contribution is -0.141. The van der Waals surface area contributed by atoms with Crippen LogP contribution in [0.3, 0.4) is 0 Å². The van der Waals surface area contributed by atoms with Gasteiger partial charge in [-0.25, -0.2) is 0 Å². The van der Waals surface area contributed by atoms with Gasteiger partial charge in [0.1, 0.15) is 10.9 Å². The highest BCUT2D eigenvalue weighted by Gasteiger charge is 2.39. The van der Waals surface area contributed by atoms with Gasteiger partial charge in [-0.05, 0) is 36.7 Å². The lowest BCUT2D eigenvalue weighted by Crippen LogP contribution is -2.37. The first-order chi connectivity index (χ1) is 18.2. The summed E-state index contributed by atoms with van der Waals surface area (Å²) < 4.78 is 48.3. The molecule has 4 rings (SSSR count). The fraction of sp³-hybridized carbons (Fsp3) is 0.370. The Kier molecular flexibility index (Phi) is 8.35. The maximum Gasteiger partial charge on any atom is 0.435 e. The van der Waals surface area contributed by atoms with Crippen molar-refractivity contribution in [1.29, 1.82) is 5.26 Å². The monoisotopic (exact) mass is 543 g/mol. The summed E-state index contributed by atoms with van der Waals surface area (Å²) in [4.78, 5) is 16.2. The highest BCUT2D eigenvalue weighted by atomic mass is 32.1. The summed E-state index contributed by atoms with van der Waals surface area (Å²) in [6, 6.07) is 10.7. The molecule has 2 atom stereocenters. The third-order valence-corrected chi connectivity index (χ3v) is 7.59. The molecule has 1 N–H and O–H groups in total. The van der Waals surface area contributed by atoms with Gasteiger partial charge in [-0.2, -0.15) is 23.5 Å². The molecule has 0 bridgehead atoms. The van der Waals surface area contributed by atoms with Crippen LogP contribution >= 0.6 is 11.3 Å². The molecular formula is C27H28F3N5O2S. The predicted molar refractivity (Wildman–Crippen MR) is 138 cm³/mol. The molecular weight excluding hydrogens is 515 g/mol. The molecule has 3 heterocycles. The van der Waals surface area contributed by atoms with Crippen molar-refractivity contribution in [1.82, 2.24) is 20.0 Å². The number of aromatic nitrogens is 2. The Balaban J connectivity index is 1.78. The van der Waals surface area contributed by atoms with Gasteiger partial charge in [-0.3, -0.25) is 9.48 Å². The third-order valence-electron chi connectivity index (χ3n) is 6.55. The first-order valence-electron chi connectivity index (χ1n) is 12.1. The van der Waals surface area contributed by atoms with Gasteiger partial charge in [0.2, 0.25) is 5.91 Å². The molecule has 200 valence electrons. The number of alkyl halides is 3. The van der Waals surface area contributed by atoms with Crippen molar-refractivity contribution >= 4 is 17.2 Å². The number of ether oxygens (including phenoxy) is 1. The van der Waals surface area contributed by atoms with E-state index < -0.39 is 17.8 Å². The molecule has 2 aromatic heterocycles. The molecule has 38 heavy (non-hydrogen) atoms. The van der Waals surface area contributed by atoms with Crippen LogP contribution in [0.5, 0.6) is 0 Å². The van der Waals surface area contributed by atoms with Crippen molar-refractivity contribution in [2.24, 2.45) is 0 Å². The van der Waals surface area contributed by atoms with E-state index in [2.05, 4.69) is 16.5 Å². The second-order valence-corrected chi connectivity index (χ2v) is 10.1. The zero-order valence-electron chi connectivity index (χ0n) is 21.2. The third kappa shape index (κ3) is 5.67. The van der Waals surface area contributed by atoms with Crippen LogP contribution in [-0.2, 0) is 28.8 Å². The molecule has 1 amide bonds. The topological polar surface area (TPSA) is 83.2 Å². The zero-order chi connectivity index (χ0) is 27.4. The number of thiophene rings is 1. The molecule has 0 saturated heterocycles. The number of fused-ring (bicyclic) bond motifs is 1. The lowest BCUT2D eigenvalue weighted by Gasteiger charge is -2.33. The number of rotatable bonds is 8. The van der Waals surface area contributed by atoms with Gasteiger partial charge in [0, 0.05) is 54.9 Å². The van der Waals surface area contributed by atoms with Crippen LogP contribution in [0.1, 0.15) is 39.4 Å². The number of likely N-dealkylation sites (N-methyl/N-ethyl adjacent to an activating group) is 1. The smallest absolute Gasteiger partial charge is 0.383 e. The van der Waals surface area contributed by atoms with Gasteiger partial charge in [0.25, 0.3) is 0 Å². The van der Waals surface area contributed by atoms with Crippen molar-refractivity contribution in [3.63, 3.8) is 0 Å². The summed E-state index contributed by atoms with van der Waals surface area (Å²) >= 11 is 1.30. The lowest BCUT2D eigenvalue weighted by atomic mass is 9.83. The minimum atomic E-state index is -4.63. The van der Waals surface area contributed by atoms with Crippen LogP contribution in [-0.4, -0.2) is 53.9 Å². The van der Waals surface area contributed by atoms with E-state index in [0.29, 0.717) is 35.7 Å². The van der Waals surface area contributed by atoms with E-state index in [9.17, 15) is 23.2 Å². The van der Waals surface area contributed by atoms with Crippen molar-refractivity contribution in [2.45, 2.75) is 38.1 Å². The van der Waals surface area contributed by atoms with Crippen molar-refractivity contribution in [3.8, 4) is 17.2 Å². The van der Waals surface area contributed by atoms with Gasteiger partial charge >= 0.3 is 6.18 Å². The van der Waals surface area contributed by atoms with Gasteiger partial charge < -0.3 is 15.0 Å². The van der Waals surface area contributed by atoms with Crippen LogP contribution in [0.2, 0.25) is 0 Å². The molecule has 3 aromatic rings. The number of nitriles is 1. The fourth-order valence-corrected chi connectivity index (χ4v) is 5.70. The van der Waals surface area contributed by atoms with E-state index in [1.165, 1.54) is 28.3 Å². The largest absolute Gasteiger partial charge is 0.435 e. The number of methoxy groups -OCH3 is 1. The summed E-state index contributed by atoms with van der Waals surface area (Å²) in [5.41, 5.74) is 0.951. The van der Waals surface area contributed by atoms with E-state index in [-0.39, 0.29) is 24.1 Å². The number of hydrogen-bond acceptors (Lipinski definition) is 6. The normalized spacial score (nSPS) is 16.4. The molecule has 0 spiro atoms. The highest BCUT2D eigenvalue weighted by Crippen LogP contribution is 2.44. The number of halogens is 3. The number of nitrogens with one attached hydrogen (secondary N) is 1. The fourth-order valence-electron chi connectivity index (χ4n) is 4.66. The van der Waals surface area contributed by atoms with Gasteiger partial charge in [-0.1, -0.05) is 30.3 Å². The summed E-state index contributed by atoms with van der Waals surface area (Å²) in [5, 5.41) is 16.4. The molecule has 1 unspecified atom stereocenters. The number of nitrogens with zero attached hydrogens (tertiary/aromatic N) is 4. The minimum absolute atomic E-state index is 0.00740. The molecule has 0 radical (unpaired) electrons. The maximum absolute atomic E-state index is 14.0. The number of carbonyl (C=O) groups is 1. The zero-order valence-corrected chi connectivity index (χ0v) is 22.1. The Morgan fingerprint density at radius 1 is 1.34 bits per heavy atom. The van der Waals surface area contributed by atoms with E-state index >= 15 is 0 Å². The second-order valence-electron chi connectivity index (χ2n) is 8.91. The minimum Gasteiger partial charge on any atom is -0.383 e. The Labute approximate surface area is 223 Å². The van der Waals surface area contributed by atoms with Crippen LogP contribution < -0.4 is 5.32 Å². The second kappa shape index (κ2) is 11.5. The molecule has 11 heteroatoms. The van der Waals surface area contributed by atoms with Gasteiger partial charge in [-0.15, -0.1) is 11.3 Å². The average Bonchev–Trinajstić information content (AvgIpc) is 3.54. The Morgan fingerprint density at radius 3 is 2.76 bits per heavy atom. The average molecular weight is 544 g/mol. The first kappa shape index (κ1) is 27.6. The molecule has 0 saturated carbocycles. The number of hydrogen-bond donors (Lipinski definition) is 1. The molecule has 0 fully saturated rings. The summed E-state index contributed by atoms with van der Waals surface area (Å²) in [6.07, 6.45) is 0.00302. The van der Waals surface area contributed by atoms with E-state index in [1.807, 2.05) is 0 Å². The highest BCUT2D eigenvalue weighted by molar-refractivity contribution is 7.12. The number of amides is 1. The Morgan fingerprint density at radius 2 is 2.11 bits per heavy atom. The quantitative estimate of drug-likeness (QED) is 0.414. The Bertz CT molecular complexity index is 1370. The molecule has 1 aliphatic heterocycles. The molecule has 1 aliphatic rings. The van der Waals surface area contributed by atoms with Crippen LogP contribution in [0, 0.1) is 11.3 Å². The van der Waals surface area contributed by atoms with Gasteiger partial charge in [0.05, 0.1) is 13.2 Å². The van der Waals surface area contributed by atoms with E-state index in [1.54, 1.807) is 62.4 Å². The maximum atomic E-state index is 14.0. The van der Waals surface area contributed by atoms with E-state index in [0.717, 1.165) is 10.4 Å². The first-order valence-corrected chi connectivity index (χ1v) is 12.9. The van der Waals surface area contributed by atoms with Gasteiger partial charge in [0.15, 0.2) is 5.69 Å².